The van der Waals surface area contributed by atoms with Crippen LogP contribution in [0.3, 0.4) is 0 Å². The molecule has 0 aliphatic carbocycles. The van der Waals surface area contributed by atoms with E-state index in [1.165, 1.54) is 12.1 Å². The summed E-state index contributed by atoms with van der Waals surface area (Å²) in [6.07, 6.45) is 6.83. The predicted octanol–water partition coefficient (Wildman–Crippen LogP) is 4.25. The van der Waals surface area contributed by atoms with Gasteiger partial charge in [-0.25, -0.2) is 0 Å². The standard InChI is InChI=1S/C20H20O4/c1-3-4-12-24-17-9-10-18(20(22)14-17)19(21)11-8-15-6-5-7-16(13-15)23-2/h3-11,13-14,22H,12H2,1-2H3. The number of phenols is 1. The van der Waals surface area contributed by atoms with Gasteiger partial charge < -0.3 is 14.6 Å². The number of ketones is 1. The molecule has 0 bridgehead atoms. The van der Waals surface area contributed by atoms with Crippen LogP contribution in [0.4, 0.5) is 0 Å². The summed E-state index contributed by atoms with van der Waals surface area (Å²) in [5, 5.41) is 10.0. The van der Waals surface area contributed by atoms with Crippen molar-refractivity contribution in [3.63, 3.8) is 0 Å². The summed E-state index contributed by atoms with van der Waals surface area (Å²) in [5.74, 6) is 0.845. The van der Waals surface area contributed by atoms with Crippen molar-refractivity contribution < 1.29 is 19.4 Å². The minimum atomic E-state index is -0.282. The Morgan fingerprint density at radius 1 is 1.17 bits per heavy atom. The van der Waals surface area contributed by atoms with Gasteiger partial charge in [-0.1, -0.05) is 30.4 Å². The highest BCUT2D eigenvalue weighted by atomic mass is 16.5. The van der Waals surface area contributed by atoms with Crippen molar-refractivity contribution in [2.24, 2.45) is 0 Å². The molecule has 0 saturated heterocycles. The molecule has 24 heavy (non-hydrogen) atoms. The lowest BCUT2D eigenvalue weighted by Gasteiger charge is -2.06. The van der Waals surface area contributed by atoms with Crippen LogP contribution in [0.25, 0.3) is 6.08 Å². The number of hydrogen-bond acceptors (Lipinski definition) is 4. The van der Waals surface area contributed by atoms with Crippen LogP contribution in [0, 0.1) is 0 Å². The van der Waals surface area contributed by atoms with Gasteiger partial charge in [-0.2, -0.15) is 0 Å². The molecule has 4 nitrogen and oxygen atoms in total. The molecule has 0 heterocycles. The third-order valence-corrected chi connectivity index (χ3v) is 3.34. The van der Waals surface area contributed by atoms with Crippen LogP contribution in [0.5, 0.6) is 17.2 Å². The number of aromatic hydroxyl groups is 1. The summed E-state index contributed by atoms with van der Waals surface area (Å²) in [7, 11) is 1.59. The number of allylic oxidation sites excluding steroid dienone is 2. The largest absolute Gasteiger partial charge is 0.507 e. The fraction of sp³-hybridized carbons (Fsp3) is 0.150. The summed E-state index contributed by atoms with van der Waals surface area (Å²) < 4.78 is 10.6. The van der Waals surface area contributed by atoms with Crippen LogP contribution in [0.15, 0.2) is 60.7 Å². The molecule has 0 spiro atoms. The minimum absolute atomic E-state index is 0.103. The van der Waals surface area contributed by atoms with Crippen LogP contribution >= 0.6 is 0 Å². The Balaban J connectivity index is 2.10. The molecule has 124 valence electrons. The van der Waals surface area contributed by atoms with Crippen molar-refractivity contribution in [3.8, 4) is 17.2 Å². The van der Waals surface area contributed by atoms with Crippen LogP contribution in [-0.2, 0) is 0 Å². The summed E-state index contributed by atoms with van der Waals surface area (Å²) in [6.45, 7) is 2.32. The number of carbonyl (C=O) groups is 1. The number of ether oxygens (including phenoxy) is 2. The second-order valence-electron chi connectivity index (χ2n) is 5.03. The van der Waals surface area contributed by atoms with Gasteiger partial charge in [-0.3, -0.25) is 4.79 Å². The first-order valence-electron chi connectivity index (χ1n) is 7.57. The molecule has 0 saturated carbocycles. The first-order chi connectivity index (χ1) is 11.6. The van der Waals surface area contributed by atoms with Crippen molar-refractivity contribution in [3.05, 3.63) is 71.8 Å². The molecule has 2 aromatic rings. The Kier molecular flexibility index (Phi) is 6.20. The zero-order chi connectivity index (χ0) is 17.4. The second-order valence-corrected chi connectivity index (χ2v) is 5.03. The van der Waals surface area contributed by atoms with Crippen molar-refractivity contribution in [2.45, 2.75) is 6.92 Å². The summed E-state index contributed by atoms with van der Waals surface area (Å²) in [6, 6.07) is 12.0. The topological polar surface area (TPSA) is 55.8 Å². The molecule has 0 fully saturated rings. The predicted molar refractivity (Wildman–Crippen MR) is 94.8 cm³/mol. The number of methoxy groups -OCH3 is 1. The van der Waals surface area contributed by atoms with E-state index in [-0.39, 0.29) is 17.1 Å². The Hall–Kier alpha value is -3.01. The van der Waals surface area contributed by atoms with E-state index < -0.39 is 0 Å². The molecule has 0 aliphatic heterocycles. The first-order valence-corrected chi connectivity index (χ1v) is 7.57. The Morgan fingerprint density at radius 3 is 2.71 bits per heavy atom. The van der Waals surface area contributed by atoms with Gasteiger partial charge in [-0.15, -0.1) is 0 Å². The average Bonchev–Trinajstić information content (AvgIpc) is 2.60. The number of hydrogen-bond donors (Lipinski definition) is 1. The molecule has 0 unspecified atom stereocenters. The zero-order valence-electron chi connectivity index (χ0n) is 13.7. The third-order valence-electron chi connectivity index (χ3n) is 3.34. The molecular formula is C20H20O4. The van der Waals surface area contributed by atoms with Gasteiger partial charge in [0.05, 0.1) is 12.7 Å². The summed E-state index contributed by atoms with van der Waals surface area (Å²) in [4.78, 5) is 12.2. The normalized spacial score (nSPS) is 11.1. The smallest absolute Gasteiger partial charge is 0.189 e. The van der Waals surface area contributed by atoms with Crippen molar-refractivity contribution in [1.29, 1.82) is 0 Å². The van der Waals surface area contributed by atoms with E-state index >= 15 is 0 Å². The number of phenolic OH excluding ortho intramolecular Hbond substituents is 1. The van der Waals surface area contributed by atoms with Crippen molar-refractivity contribution >= 4 is 11.9 Å². The molecule has 0 aromatic heterocycles. The number of benzene rings is 2. The maximum atomic E-state index is 12.2. The van der Waals surface area contributed by atoms with E-state index in [9.17, 15) is 9.90 Å². The lowest BCUT2D eigenvalue weighted by atomic mass is 10.1. The molecular weight excluding hydrogens is 304 g/mol. The fourth-order valence-electron chi connectivity index (χ4n) is 2.06. The lowest BCUT2D eigenvalue weighted by molar-refractivity contribution is 0.104. The maximum Gasteiger partial charge on any atom is 0.189 e. The molecule has 4 heteroatoms. The van der Waals surface area contributed by atoms with E-state index in [4.69, 9.17) is 9.47 Å². The van der Waals surface area contributed by atoms with Crippen LogP contribution < -0.4 is 9.47 Å². The molecule has 0 aliphatic rings. The molecule has 2 aromatic carbocycles. The highest BCUT2D eigenvalue weighted by molar-refractivity contribution is 6.08. The molecule has 0 atom stereocenters. The SMILES string of the molecule is CC=CCOc1ccc(C(=O)C=Cc2cccc(OC)c2)c(O)c1. The number of carbonyl (C=O) groups excluding carboxylic acids is 1. The van der Waals surface area contributed by atoms with Gasteiger partial charge in [-0.05, 0) is 42.8 Å². The molecule has 0 radical (unpaired) electrons. The van der Waals surface area contributed by atoms with Gasteiger partial charge in [0.1, 0.15) is 23.9 Å². The third kappa shape index (κ3) is 4.74. The van der Waals surface area contributed by atoms with E-state index in [2.05, 4.69) is 0 Å². The minimum Gasteiger partial charge on any atom is -0.507 e. The van der Waals surface area contributed by atoms with E-state index in [1.54, 1.807) is 25.3 Å². The summed E-state index contributed by atoms with van der Waals surface area (Å²) in [5.41, 5.74) is 1.07. The van der Waals surface area contributed by atoms with Crippen LogP contribution in [-0.4, -0.2) is 24.6 Å². The second kappa shape index (κ2) is 8.58. The van der Waals surface area contributed by atoms with Crippen LogP contribution in [0.2, 0.25) is 0 Å². The Bertz CT molecular complexity index is 760. The van der Waals surface area contributed by atoms with E-state index in [1.807, 2.05) is 43.3 Å². The molecule has 0 amide bonds. The van der Waals surface area contributed by atoms with Gasteiger partial charge in [0, 0.05) is 6.07 Å². The lowest BCUT2D eigenvalue weighted by Crippen LogP contribution is -1.97. The monoisotopic (exact) mass is 324 g/mol. The van der Waals surface area contributed by atoms with Crippen molar-refractivity contribution in [2.75, 3.05) is 13.7 Å². The Morgan fingerprint density at radius 2 is 2.00 bits per heavy atom. The highest BCUT2D eigenvalue weighted by Gasteiger charge is 2.09. The highest BCUT2D eigenvalue weighted by Crippen LogP contribution is 2.24. The van der Waals surface area contributed by atoms with Gasteiger partial charge in [0.15, 0.2) is 5.78 Å². The zero-order valence-corrected chi connectivity index (χ0v) is 13.7. The van der Waals surface area contributed by atoms with Crippen molar-refractivity contribution in [1.82, 2.24) is 0 Å². The van der Waals surface area contributed by atoms with Crippen LogP contribution in [0.1, 0.15) is 22.8 Å². The number of rotatable bonds is 7. The van der Waals surface area contributed by atoms with E-state index in [0.29, 0.717) is 12.4 Å². The van der Waals surface area contributed by atoms with Gasteiger partial charge in [0.25, 0.3) is 0 Å². The van der Waals surface area contributed by atoms with Gasteiger partial charge in [0.2, 0.25) is 0 Å². The average molecular weight is 324 g/mol. The fourth-order valence-corrected chi connectivity index (χ4v) is 2.06. The van der Waals surface area contributed by atoms with E-state index in [0.717, 1.165) is 11.3 Å². The maximum absolute atomic E-state index is 12.2. The Labute approximate surface area is 141 Å². The van der Waals surface area contributed by atoms with Gasteiger partial charge >= 0.3 is 0 Å². The molecule has 2 rings (SSSR count). The quantitative estimate of drug-likeness (QED) is 0.470. The molecule has 1 N–H and O–H groups in total. The summed E-state index contributed by atoms with van der Waals surface area (Å²) >= 11 is 0. The first kappa shape index (κ1) is 17.3.